The molecule has 0 radical (unpaired) electrons. The average molecular weight is 207 g/mol. The summed E-state index contributed by atoms with van der Waals surface area (Å²) < 4.78 is 0. The maximum absolute atomic E-state index is 9.50. The van der Waals surface area contributed by atoms with Gasteiger partial charge in [-0.15, -0.1) is 0 Å². The molecule has 0 bridgehead atoms. The van der Waals surface area contributed by atoms with Gasteiger partial charge in [0.2, 0.25) is 0 Å². The number of aromatic hydroxyl groups is 1. The zero-order chi connectivity index (χ0) is 9.19. The van der Waals surface area contributed by atoms with E-state index in [-0.39, 0.29) is 25.9 Å². The second-order valence-electron chi connectivity index (χ2n) is 4.37. The predicted molar refractivity (Wildman–Crippen MR) is 63.1 cm³/mol. The van der Waals surface area contributed by atoms with Gasteiger partial charge in [-0.1, -0.05) is 37.8 Å². The van der Waals surface area contributed by atoms with E-state index in [4.69, 9.17) is 0 Å². The van der Waals surface area contributed by atoms with Crippen LogP contribution in [0.1, 0.15) is 8.42 Å². The van der Waals surface area contributed by atoms with Crippen LogP contribution in [0.3, 0.4) is 0 Å². The molecule has 0 aliphatic heterocycles. The summed E-state index contributed by atoms with van der Waals surface area (Å²) in [6.45, 7) is 6.91. The first-order valence-corrected chi connectivity index (χ1v) is 7.97. The van der Waals surface area contributed by atoms with E-state index in [2.05, 4.69) is 19.6 Å². The first-order chi connectivity index (χ1) is 5.49. The van der Waals surface area contributed by atoms with Gasteiger partial charge in [0, 0.05) is 8.07 Å². The summed E-state index contributed by atoms with van der Waals surface area (Å²) >= 11 is 0. The van der Waals surface area contributed by atoms with Crippen molar-refractivity contribution in [2.45, 2.75) is 25.7 Å². The molecule has 70 valence electrons. The average Bonchev–Trinajstić information content (AvgIpc) is 1.91. The van der Waals surface area contributed by atoms with Crippen LogP contribution in [0, 0.1) is 0 Å². The topological polar surface area (TPSA) is 20.2 Å². The Hall–Kier alpha value is 0.00312. The Balaban J connectivity index is -0.000000480. The van der Waals surface area contributed by atoms with Crippen molar-refractivity contribution in [2.75, 3.05) is 0 Å². The van der Waals surface area contributed by atoms with Crippen molar-refractivity contribution in [1.29, 1.82) is 0 Å². The Morgan fingerprint density at radius 2 is 1.77 bits per heavy atom. The van der Waals surface area contributed by atoms with Gasteiger partial charge in [0.25, 0.3) is 0 Å². The third-order valence-electron chi connectivity index (χ3n) is 1.71. The molecule has 0 aromatic heterocycles. The Kier molecular flexibility index (Phi) is 5.03. The second kappa shape index (κ2) is 5.03. The molecule has 0 saturated heterocycles. The van der Waals surface area contributed by atoms with Crippen molar-refractivity contribution in [1.82, 2.24) is 0 Å². The number of para-hydroxylation sites is 1. The second-order valence-corrected chi connectivity index (χ2v) is 9.84. The molecule has 0 saturated carbocycles. The van der Waals surface area contributed by atoms with Crippen LogP contribution in [0.15, 0.2) is 24.3 Å². The van der Waals surface area contributed by atoms with Crippen LogP contribution in [0.25, 0.3) is 0 Å². The van der Waals surface area contributed by atoms with Crippen molar-refractivity contribution in [3.05, 3.63) is 29.8 Å². The smallest absolute Gasteiger partial charge is 1.00 e. The first kappa shape index (κ1) is 13.0. The fraction of sp³-hybridized carbons (Fsp3) is 0.400. The molecule has 0 atom stereocenters. The van der Waals surface area contributed by atoms with Gasteiger partial charge >= 0.3 is 23.1 Å². The van der Waals surface area contributed by atoms with E-state index in [1.54, 1.807) is 6.07 Å². The van der Waals surface area contributed by atoms with Gasteiger partial charge in [-0.25, -0.2) is 0 Å². The number of benzene rings is 1. The summed E-state index contributed by atoms with van der Waals surface area (Å²) in [6.07, 6.45) is 0. The molecule has 0 aliphatic carbocycles. The summed E-state index contributed by atoms with van der Waals surface area (Å²) in [4.78, 5) is 0. The minimum Gasteiger partial charge on any atom is -1.00 e. The van der Waals surface area contributed by atoms with Crippen molar-refractivity contribution in [3.63, 3.8) is 0 Å². The molecular weight excluding hydrogens is 188 g/mol. The molecule has 0 spiro atoms. The molecule has 13 heavy (non-hydrogen) atoms. The van der Waals surface area contributed by atoms with Crippen LogP contribution in [0.2, 0.25) is 19.6 Å². The van der Waals surface area contributed by atoms with E-state index in [0.29, 0.717) is 5.75 Å². The molecule has 1 aromatic rings. The SMILES string of the molecule is C[Si](C)(C)Cc1ccccc1O.[H-].[H-].[Mg+2]. The summed E-state index contributed by atoms with van der Waals surface area (Å²) in [6, 6.07) is 8.67. The molecule has 0 amide bonds. The zero-order valence-electron chi connectivity index (χ0n) is 10.7. The third kappa shape index (κ3) is 4.69. The quantitative estimate of drug-likeness (QED) is 0.738. The molecule has 3 heteroatoms. The fourth-order valence-electron chi connectivity index (χ4n) is 1.23. The molecule has 1 aromatic carbocycles. The van der Waals surface area contributed by atoms with E-state index in [0.717, 1.165) is 11.6 Å². The minimum absolute atomic E-state index is 0. The monoisotopic (exact) mass is 206 g/mol. The van der Waals surface area contributed by atoms with Crippen LogP contribution in [0.4, 0.5) is 0 Å². The summed E-state index contributed by atoms with van der Waals surface area (Å²) in [7, 11) is -1.09. The number of phenols is 1. The largest absolute Gasteiger partial charge is 2.00 e. The standard InChI is InChI=1S/C10H16OSi.Mg.2H/c1-12(2,3)8-9-6-4-5-7-10(9)11;;;/h4-7,11H,8H2,1-3H3;;;/q;+2;2*-1. The first-order valence-electron chi connectivity index (χ1n) is 4.26. The molecule has 1 N–H and O–H groups in total. The molecule has 1 nitrogen and oxygen atoms in total. The molecule has 0 unspecified atom stereocenters. The van der Waals surface area contributed by atoms with Gasteiger partial charge < -0.3 is 7.96 Å². The fourth-order valence-corrected chi connectivity index (χ4v) is 2.67. The molecular formula is C10H18MgOSi. The third-order valence-corrected chi connectivity index (χ3v) is 3.15. The molecule has 0 aliphatic rings. The number of hydrogen-bond donors (Lipinski definition) is 1. The summed E-state index contributed by atoms with van der Waals surface area (Å²) in [5, 5.41) is 9.50. The van der Waals surface area contributed by atoms with E-state index in [9.17, 15) is 5.11 Å². The van der Waals surface area contributed by atoms with Crippen LogP contribution in [-0.2, 0) is 6.04 Å². The maximum atomic E-state index is 9.50. The van der Waals surface area contributed by atoms with E-state index < -0.39 is 8.07 Å². The predicted octanol–water partition coefficient (Wildman–Crippen LogP) is 2.66. The number of rotatable bonds is 2. The van der Waals surface area contributed by atoms with E-state index in [1.807, 2.05) is 18.2 Å². The van der Waals surface area contributed by atoms with Gasteiger partial charge in [-0.05, 0) is 17.7 Å². The van der Waals surface area contributed by atoms with Gasteiger partial charge in [-0.2, -0.15) is 0 Å². The molecule has 0 heterocycles. The van der Waals surface area contributed by atoms with Gasteiger partial charge in [0.1, 0.15) is 5.75 Å². The zero-order valence-corrected chi connectivity index (χ0v) is 11.1. The normalized spacial score (nSPS) is 10.7. The van der Waals surface area contributed by atoms with Gasteiger partial charge in [0.15, 0.2) is 0 Å². The van der Waals surface area contributed by atoms with Gasteiger partial charge in [-0.3, -0.25) is 0 Å². The Bertz CT molecular complexity index is 276. The van der Waals surface area contributed by atoms with Crippen LogP contribution in [-0.4, -0.2) is 36.2 Å². The maximum Gasteiger partial charge on any atom is 2.00 e. The number of phenolic OH excluding ortho intramolecular Hbond substituents is 1. The Labute approximate surface area is 100 Å². The minimum atomic E-state index is -1.09. The Morgan fingerprint density at radius 3 is 2.23 bits per heavy atom. The van der Waals surface area contributed by atoms with E-state index in [1.165, 1.54) is 0 Å². The van der Waals surface area contributed by atoms with Crippen LogP contribution in [0.5, 0.6) is 5.75 Å². The van der Waals surface area contributed by atoms with Crippen molar-refractivity contribution >= 4 is 31.1 Å². The van der Waals surface area contributed by atoms with Crippen LogP contribution >= 0.6 is 0 Å². The number of hydrogen-bond acceptors (Lipinski definition) is 1. The summed E-state index contributed by atoms with van der Waals surface area (Å²) in [5.41, 5.74) is 1.09. The van der Waals surface area contributed by atoms with Crippen molar-refractivity contribution in [3.8, 4) is 5.75 Å². The molecule has 1 rings (SSSR count). The van der Waals surface area contributed by atoms with Gasteiger partial charge in [0.05, 0.1) is 0 Å². The summed E-state index contributed by atoms with van der Waals surface area (Å²) in [5.74, 6) is 0.444. The molecule has 0 fully saturated rings. The van der Waals surface area contributed by atoms with Crippen molar-refractivity contribution in [2.24, 2.45) is 0 Å². The Morgan fingerprint density at radius 1 is 1.23 bits per heavy atom. The van der Waals surface area contributed by atoms with E-state index >= 15 is 0 Å². The van der Waals surface area contributed by atoms with Crippen molar-refractivity contribution < 1.29 is 7.96 Å². The van der Waals surface area contributed by atoms with Crippen LogP contribution < -0.4 is 0 Å².